The second-order valence-electron chi connectivity index (χ2n) is 5.03. The SMILES string of the molecule is CN1CCNCC1c1noc(-c2ccc(=O)n(C)c2)n1. The first kappa shape index (κ1) is 13.0. The third-order valence-electron chi connectivity index (χ3n) is 3.58. The zero-order chi connectivity index (χ0) is 14.1. The Bertz CT molecular complexity index is 663. The van der Waals surface area contributed by atoms with Crippen molar-refractivity contribution >= 4 is 0 Å². The summed E-state index contributed by atoms with van der Waals surface area (Å²) in [5, 5.41) is 7.38. The van der Waals surface area contributed by atoms with Gasteiger partial charge in [-0.2, -0.15) is 4.98 Å². The second kappa shape index (κ2) is 5.18. The van der Waals surface area contributed by atoms with Crippen LogP contribution in [0, 0.1) is 0 Å². The van der Waals surface area contributed by atoms with Gasteiger partial charge in [0.2, 0.25) is 5.56 Å². The van der Waals surface area contributed by atoms with E-state index in [1.54, 1.807) is 19.3 Å². The number of aryl methyl sites for hydroxylation is 1. The van der Waals surface area contributed by atoms with Crippen molar-refractivity contribution in [3.63, 3.8) is 0 Å². The van der Waals surface area contributed by atoms with Crippen LogP contribution in [0.5, 0.6) is 0 Å². The van der Waals surface area contributed by atoms with Crippen LogP contribution in [0.4, 0.5) is 0 Å². The van der Waals surface area contributed by atoms with Crippen molar-refractivity contribution in [2.45, 2.75) is 6.04 Å². The molecule has 1 saturated heterocycles. The zero-order valence-corrected chi connectivity index (χ0v) is 11.5. The van der Waals surface area contributed by atoms with Crippen molar-refractivity contribution in [3.8, 4) is 11.5 Å². The van der Waals surface area contributed by atoms with Crippen LogP contribution in [0.2, 0.25) is 0 Å². The summed E-state index contributed by atoms with van der Waals surface area (Å²) in [7, 11) is 3.75. The largest absolute Gasteiger partial charge is 0.334 e. The zero-order valence-electron chi connectivity index (χ0n) is 11.5. The van der Waals surface area contributed by atoms with Crippen LogP contribution in [-0.2, 0) is 7.05 Å². The molecule has 7 nitrogen and oxygen atoms in total. The molecule has 0 radical (unpaired) electrons. The number of nitrogens with zero attached hydrogens (tertiary/aromatic N) is 4. The number of likely N-dealkylation sites (N-methyl/N-ethyl adjacent to an activating group) is 1. The number of rotatable bonds is 2. The molecule has 1 aliphatic rings. The Labute approximate surface area is 116 Å². The van der Waals surface area contributed by atoms with E-state index in [0.29, 0.717) is 11.7 Å². The summed E-state index contributed by atoms with van der Waals surface area (Å²) in [5.74, 6) is 1.11. The van der Waals surface area contributed by atoms with E-state index < -0.39 is 0 Å². The van der Waals surface area contributed by atoms with Crippen LogP contribution < -0.4 is 10.9 Å². The van der Waals surface area contributed by atoms with Gasteiger partial charge in [0, 0.05) is 38.9 Å². The second-order valence-corrected chi connectivity index (χ2v) is 5.03. The van der Waals surface area contributed by atoms with Gasteiger partial charge in [-0.15, -0.1) is 0 Å². The number of nitrogens with one attached hydrogen (secondary N) is 1. The van der Waals surface area contributed by atoms with Gasteiger partial charge >= 0.3 is 0 Å². The highest BCUT2D eigenvalue weighted by Gasteiger charge is 2.25. The minimum Gasteiger partial charge on any atom is -0.334 e. The van der Waals surface area contributed by atoms with Crippen molar-refractivity contribution in [3.05, 3.63) is 34.5 Å². The minimum absolute atomic E-state index is 0.0651. The van der Waals surface area contributed by atoms with E-state index in [1.807, 2.05) is 7.05 Å². The van der Waals surface area contributed by atoms with E-state index in [1.165, 1.54) is 10.6 Å². The number of hydrogen-bond acceptors (Lipinski definition) is 6. The molecule has 106 valence electrons. The first-order valence-corrected chi connectivity index (χ1v) is 6.57. The molecule has 3 heterocycles. The number of pyridine rings is 1. The summed E-state index contributed by atoms with van der Waals surface area (Å²) in [6.07, 6.45) is 1.70. The summed E-state index contributed by atoms with van der Waals surface area (Å²) in [6, 6.07) is 3.31. The highest BCUT2D eigenvalue weighted by Crippen LogP contribution is 2.21. The lowest BCUT2D eigenvalue weighted by Gasteiger charge is -2.30. The van der Waals surface area contributed by atoms with Crippen molar-refractivity contribution in [1.29, 1.82) is 0 Å². The van der Waals surface area contributed by atoms with E-state index >= 15 is 0 Å². The predicted molar refractivity (Wildman–Crippen MR) is 73.2 cm³/mol. The van der Waals surface area contributed by atoms with E-state index in [9.17, 15) is 4.79 Å². The number of aromatic nitrogens is 3. The lowest BCUT2D eigenvalue weighted by Crippen LogP contribution is -2.44. The van der Waals surface area contributed by atoms with E-state index in [4.69, 9.17) is 4.52 Å². The molecule has 0 spiro atoms. The topological polar surface area (TPSA) is 76.2 Å². The molecule has 0 saturated carbocycles. The van der Waals surface area contributed by atoms with Gasteiger partial charge < -0.3 is 14.4 Å². The maximum atomic E-state index is 11.4. The molecule has 1 aliphatic heterocycles. The molecule has 1 atom stereocenters. The average Bonchev–Trinajstić information content (AvgIpc) is 2.92. The molecule has 0 aliphatic carbocycles. The Morgan fingerprint density at radius 2 is 2.25 bits per heavy atom. The van der Waals surface area contributed by atoms with Crippen molar-refractivity contribution in [2.24, 2.45) is 7.05 Å². The summed E-state index contributed by atoms with van der Waals surface area (Å²) in [6.45, 7) is 2.73. The van der Waals surface area contributed by atoms with Gasteiger partial charge in [0.05, 0.1) is 11.6 Å². The fourth-order valence-electron chi connectivity index (χ4n) is 2.30. The van der Waals surface area contributed by atoms with Crippen LogP contribution in [0.15, 0.2) is 27.6 Å². The molecule has 20 heavy (non-hydrogen) atoms. The minimum atomic E-state index is -0.0651. The number of hydrogen-bond donors (Lipinski definition) is 1. The standard InChI is InChI=1S/C13H17N5O2/c1-17-6-5-14-7-10(17)12-15-13(20-16-12)9-3-4-11(19)18(2)8-9/h3-4,8,10,14H,5-7H2,1-2H3. The van der Waals surface area contributed by atoms with Crippen LogP contribution in [0.25, 0.3) is 11.5 Å². The average molecular weight is 275 g/mol. The monoisotopic (exact) mass is 275 g/mol. The Kier molecular flexibility index (Phi) is 3.37. The van der Waals surface area contributed by atoms with Gasteiger partial charge in [0.25, 0.3) is 5.89 Å². The predicted octanol–water partition coefficient (Wildman–Crippen LogP) is 0.0114. The highest BCUT2D eigenvalue weighted by molar-refractivity contribution is 5.50. The molecule has 0 aromatic carbocycles. The third-order valence-corrected chi connectivity index (χ3v) is 3.58. The fourth-order valence-corrected chi connectivity index (χ4v) is 2.30. The van der Waals surface area contributed by atoms with Crippen LogP contribution >= 0.6 is 0 Å². The van der Waals surface area contributed by atoms with Gasteiger partial charge in [0.15, 0.2) is 5.82 Å². The highest BCUT2D eigenvalue weighted by atomic mass is 16.5. The maximum absolute atomic E-state index is 11.4. The molecule has 1 fully saturated rings. The molecule has 0 amide bonds. The first-order valence-electron chi connectivity index (χ1n) is 6.57. The Balaban J connectivity index is 1.89. The Morgan fingerprint density at radius 1 is 1.40 bits per heavy atom. The van der Waals surface area contributed by atoms with Crippen molar-refractivity contribution in [2.75, 3.05) is 26.7 Å². The van der Waals surface area contributed by atoms with Crippen LogP contribution in [0.1, 0.15) is 11.9 Å². The Hall–Kier alpha value is -1.99. The summed E-state index contributed by atoms with van der Waals surface area (Å²) < 4.78 is 6.81. The van der Waals surface area contributed by atoms with Gasteiger partial charge in [0.1, 0.15) is 0 Å². The van der Waals surface area contributed by atoms with E-state index in [0.717, 1.165) is 25.2 Å². The Morgan fingerprint density at radius 3 is 3.00 bits per heavy atom. The van der Waals surface area contributed by atoms with Gasteiger partial charge in [-0.3, -0.25) is 9.69 Å². The van der Waals surface area contributed by atoms with Crippen molar-refractivity contribution < 1.29 is 4.52 Å². The molecule has 0 bridgehead atoms. The molecule has 7 heteroatoms. The van der Waals surface area contributed by atoms with Gasteiger partial charge in [-0.25, -0.2) is 0 Å². The maximum Gasteiger partial charge on any atom is 0.259 e. The van der Waals surface area contributed by atoms with Gasteiger partial charge in [-0.05, 0) is 13.1 Å². The van der Waals surface area contributed by atoms with Crippen LogP contribution in [0.3, 0.4) is 0 Å². The van der Waals surface area contributed by atoms with Crippen molar-refractivity contribution in [1.82, 2.24) is 24.9 Å². The van der Waals surface area contributed by atoms with Crippen LogP contribution in [-0.4, -0.2) is 46.3 Å². The number of piperazine rings is 1. The summed E-state index contributed by atoms with van der Waals surface area (Å²) in [4.78, 5) is 18.0. The first-order chi connectivity index (χ1) is 9.65. The lowest BCUT2D eigenvalue weighted by atomic mass is 10.2. The molecule has 1 N–H and O–H groups in total. The summed E-state index contributed by atoms with van der Waals surface area (Å²) in [5.41, 5.74) is 0.682. The quantitative estimate of drug-likeness (QED) is 0.832. The smallest absolute Gasteiger partial charge is 0.259 e. The molecular weight excluding hydrogens is 258 g/mol. The summed E-state index contributed by atoms with van der Waals surface area (Å²) >= 11 is 0. The molecule has 2 aromatic rings. The van der Waals surface area contributed by atoms with E-state index in [2.05, 4.69) is 20.4 Å². The normalized spacial score (nSPS) is 20.2. The fraction of sp³-hybridized carbons (Fsp3) is 0.462. The molecule has 3 rings (SSSR count). The lowest BCUT2D eigenvalue weighted by molar-refractivity contribution is 0.190. The molecule has 1 unspecified atom stereocenters. The molecule has 2 aromatic heterocycles. The van der Waals surface area contributed by atoms with E-state index in [-0.39, 0.29) is 11.6 Å². The molecular formula is C13H17N5O2. The van der Waals surface area contributed by atoms with Gasteiger partial charge in [-0.1, -0.05) is 5.16 Å². The third kappa shape index (κ3) is 2.37.